The molecule has 0 radical (unpaired) electrons. The van der Waals surface area contributed by atoms with Crippen LogP contribution in [0.4, 0.5) is 4.79 Å². The molecule has 0 unspecified atom stereocenters. The third-order valence-electron chi connectivity index (χ3n) is 1.32. The molecule has 0 aliphatic carbocycles. The fourth-order valence-electron chi connectivity index (χ4n) is 0.850. The minimum Gasteiger partial charge on any atom is -0.508 e. The van der Waals surface area contributed by atoms with Crippen LogP contribution in [0.3, 0.4) is 0 Å². The number of primary amides is 1. The van der Waals surface area contributed by atoms with Crippen molar-refractivity contribution in [3.05, 3.63) is 18.2 Å². The van der Waals surface area contributed by atoms with Gasteiger partial charge < -0.3 is 20.3 Å². The number of nitrogens with two attached hydrogens (primary N) is 1. The lowest BCUT2D eigenvalue weighted by Gasteiger charge is -2.04. The van der Waals surface area contributed by atoms with Crippen molar-refractivity contribution in [2.45, 2.75) is 0 Å². The van der Waals surface area contributed by atoms with Gasteiger partial charge in [0.1, 0.15) is 17.2 Å². The number of amides is 1. The summed E-state index contributed by atoms with van der Waals surface area (Å²) in [7, 11) is 1.43. The van der Waals surface area contributed by atoms with Gasteiger partial charge in [-0.3, -0.25) is 0 Å². The normalized spacial score (nSPS) is 9.31. The van der Waals surface area contributed by atoms with Crippen LogP contribution in [0.15, 0.2) is 18.2 Å². The largest absolute Gasteiger partial charge is 0.508 e. The van der Waals surface area contributed by atoms with Crippen LogP contribution in [0.5, 0.6) is 17.2 Å². The van der Waals surface area contributed by atoms with Crippen LogP contribution in [0.25, 0.3) is 0 Å². The molecule has 0 atom stereocenters. The summed E-state index contributed by atoms with van der Waals surface area (Å²) in [6, 6.07) is 4.08. The number of rotatable bonds is 2. The maximum atomic E-state index is 10.4. The molecule has 0 saturated heterocycles. The zero-order valence-electron chi connectivity index (χ0n) is 6.98. The number of aromatic hydroxyl groups is 1. The molecule has 0 saturated carbocycles. The Morgan fingerprint density at radius 2 is 2.00 bits per heavy atom. The molecule has 0 spiro atoms. The lowest BCUT2D eigenvalue weighted by atomic mass is 10.3. The summed E-state index contributed by atoms with van der Waals surface area (Å²) in [6.45, 7) is 0. The average Bonchev–Trinajstić information content (AvgIpc) is 2.01. The number of hydrogen-bond acceptors (Lipinski definition) is 4. The fourth-order valence-corrected chi connectivity index (χ4v) is 0.850. The second-order valence-electron chi connectivity index (χ2n) is 2.29. The van der Waals surface area contributed by atoms with Crippen molar-refractivity contribution < 1.29 is 19.4 Å². The molecule has 13 heavy (non-hydrogen) atoms. The molecule has 1 aromatic rings. The van der Waals surface area contributed by atoms with E-state index in [1.165, 1.54) is 25.3 Å². The smallest absolute Gasteiger partial charge is 0.409 e. The first-order valence-corrected chi connectivity index (χ1v) is 3.47. The number of benzene rings is 1. The van der Waals surface area contributed by atoms with E-state index in [-0.39, 0.29) is 11.5 Å². The molecule has 1 amide bonds. The van der Waals surface area contributed by atoms with E-state index in [4.69, 9.17) is 15.6 Å². The number of ether oxygens (including phenoxy) is 2. The Labute approximate surface area is 74.7 Å². The van der Waals surface area contributed by atoms with Crippen molar-refractivity contribution in [3.63, 3.8) is 0 Å². The highest BCUT2D eigenvalue weighted by atomic mass is 16.5. The molecule has 3 N–H and O–H groups in total. The van der Waals surface area contributed by atoms with E-state index >= 15 is 0 Å². The molecule has 70 valence electrons. The molecular weight excluding hydrogens is 174 g/mol. The van der Waals surface area contributed by atoms with Crippen LogP contribution in [-0.2, 0) is 0 Å². The number of methoxy groups -OCH3 is 1. The van der Waals surface area contributed by atoms with Crippen LogP contribution < -0.4 is 15.2 Å². The van der Waals surface area contributed by atoms with E-state index in [1.54, 1.807) is 0 Å². The Bertz CT molecular complexity index is 324. The molecule has 0 aliphatic heterocycles. The molecule has 1 aromatic carbocycles. The highest BCUT2D eigenvalue weighted by Gasteiger charge is 2.03. The summed E-state index contributed by atoms with van der Waals surface area (Å²) < 4.78 is 9.36. The van der Waals surface area contributed by atoms with Crippen molar-refractivity contribution >= 4 is 6.09 Å². The van der Waals surface area contributed by atoms with Gasteiger partial charge >= 0.3 is 6.09 Å². The molecule has 5 nitrogen and oxygen atoms in total. The lowest BCUT2D eigenvalue weighted by Crippen LogP contribution is -2.16. The van der Waals surface area contributed by atoms with Gasteiger partial charge in [-0.25, -0.2) is 4.79 Å². The van der Waals surface area contributed by atoms with Crippen molar-refractivity contribution in [2.24, 2.45) is 5.73 Å². The van der Waals surface area contributed by atoms with Crippen LogP contribution in [0.1, 0.15) is 0 Å². The van der Waals surface area contributed by atoms with E-state index in [0.717, 1.165) is 0 Å². The average molecular weight is 183 g/mol. The molecule has 0 bridgehead atoms. The quantitative estimate of drug-likeness (QED) is 0.712. The fraction of sp³-hybridized carbons (Fsp3) is 0.125. The molecular formula is C8H9NO4. The molecule has 5 heteroatoms. The molecule has 0 fully saturated rings. The van der Waals surface area contributed by atoms with Crippen LogP contribution in [0.2, 0.25) is 0 Å². The Hall–Kier alpha value is -1.91. The summed E-state index contributed by atoms with van der Waals surface area (Å²) in [5.41, 5.74) is 4.78. The monoisotopic (exact) mass is 183 g/mol. The molecule has 1 rings (SSSR count). The van der Waals surface area contributed by atoms with Crippen LogP contribution in [-0.4, -0.2) is 18.3 Å². The van der Waals surface area contributed by atoms with Crippen molar-refractivity contribution in [3.8, 4) is 17.2 Å². The zero-order valence-corrected chi connectivity index (χ0v) is 6.98. The Balaban J connectivity index is 2.94. The number of phenols is 1. The van der Waals surface area contributed by atoms with Gasteiger partial charge in [-0.1, -0.05) is 0 Å². The summed E-state index contributed by atoms with van der Waals surface area (Å²) in [4.78, 5) is 10.4. The van der Waals surface area contributed by atoms with Crippen LogP contribution in [0, 0.1) is 0 Å². The van der Waals surface area contributed by atoms with Gasteiger partial charge in [-0.2, -0.15) is 0 Å². The summed E-state index contributed by atoms with van der Waals surface area (Å²) in [5.74, 6) is 0.469. The van der Waals surface area contributed by atoms with Gasteiger partial charge in [0.15, 0.2) is 0 Å². The minimum atomic E-state index is -0.937. The Kier molecular flexibility index (Phi) is 2.59. The van der Waals surface area contributed by atoms with Gasteiger partial charge in [-0.15, -0.1) is 0 Å². The number of hydrogen-bond donors (Lipinski definition) is 2. The predicted octanol–water partition coefficient (Wildman–Crippen LogP) is 0.858. The van der Waals surface area contributed by atoms with Crippen LogP contribution >= 0.6 is 0 Å². The maximum Gasteiger partial charge on any atom is 0.409 e. The Morgan fingerprint density at radius 3 is 2.54 bits per heavy atom. The standard InChI is InChI=1S/C8H9NO4/c1-12-6-2-5(10)3-7(4-6)13-8(9)11/h2-4,10H,1H3,(H2,9,11). The van der Waals surface area contributed by atoms with Gasteiger partial charge in [-0.05, 0) is 0 Å². The third kappa shape index (κ3) is 2.55. The first-order chi connectivity index (χ1) is 6.11. The summed E-state index contributed by atoms with van der Waals surface area (Å²) in [6.07, 6.45) is -0.937. The van der Waals surface area contributed by atoms with Crippen molar-refractivity contribution in [2.75, 3.05) is 7.11 Å². The topological polar surface area (TPSA) is 81.8 Å². The molecule has 0 aliphatic rings. The van der Waals surface area contributed by atoms with E-state index in [2.05, 4.69) is 4.74 Å². The highest BCUT2D eigenvalue weighted by molar-refractivity contribution is 5.68. The Morgan fingerprint density at radius 1 is 1.38 bits per heavy atom. The van der Waals surface area contributed by atoms with Crippen molar-refractivity contribution in [1.82, 2.24) is 0 Å². The van der Waals surface area contributed by atoms with Gasteiger partial charge in [0.2, 0.25) is 0 Å². The number of phenolic OH excluding ortho intramolecular Hbond substituents is 1. The van der Waals surface area contributed by atoms with Gasteiger partial charge in [0.25, 0.3) is 0 Å². The highest BCUT2D eigenvalue weighted by Crippen LogP contribution is 2.26. The molecule has 0 heterocycles. The van der Waals surface area contributed by atoms with E-state index in [9.17, 15) is 4.79 Å². The molecule has 0 aromatic heterocycles. The number of carbonyl (C=O) groups excluding carboxylic acids is 1. The van der Waals surface area contributed by atoms with E-state index < -0.39 is 6.09 Å². The third-order valence-corrected chi connectivity index (χ3v) is 1.32. The minimum absolute atomic E-state index is 0.0596. The first-order valence-electron chi connectivity index (χ1n) is 3.47. The zero-order chi connectivity index (χ0) is 9.84. The van der Waals surface area contributed by atoms with Gasteiger partial charge in [0, 0.05) is 18.2 Å². The van der Waals surface area contributed by atoms with E-state index in [0.29, 0.717) is 5.75 Å². The predicted molar refractivity (Wildman–Crippen MR) is 44.9 cm³/mol. The summed E-state index contributed by atoms with van der Waals surface area (Å²) >= 11 is 0. The van der Waals surface area contributed by atoms with Crippen molar-refractivity contribution in [1.29, 1.82) is 0 Å². The summed E-state index contributed by atoms with van der Waals surface area (Å²) in [5, 5.41) is 9.13. The SMILES string of the molecule is COc1cc(O)cc(OC(N)=O)c1. The number of carbonyl (C=O) groups is 1. The second kappa shape index (κ2) is 3.66. The lowest BCUT2D eigenvalue weighted by molar-refractivity contribution is 0.210. The second-order valence-corrected chi connectivity index (χ2v) is 2.29. The van der Waals surface area contributed by atoms with E-state index in [1.807, 2.05) is 0 Å². The maximum absolute atomic E-state index is 10.4. The first kappa shape index (κ1) is 9.18. The van der Waals surface area contributed by atoms with Gasteiger partial charge in [0.05, 0.1) is 7.11 Å².